The number of carbonyl (C=O) groups is 3. The van der Waals surface area contributed by atoms with Gasteiger partial charge in [0.15, 0.2) is 5.96 Å². The van der Waals surface area contributed by atoms with Crippen LogP contribution in [0.2, 0.25) is 0 Å². The Morgan fingerprint density at radius 2 is 2.17 bits per heavy atom. The predicted molar refractivity (Wildman–Crippen MR) is 82.7 cm³/mol. The summed E-state index contributed by atoms with van der Waals surface area (Å²) < 4.78 is 4.82. The first kappa shape index (κ1) is 17.0. The van der Waals surface area contributed by atoms with Gasteiger partial charge in [-0.25, -0.2) is 4.79 Å². The maximum Gasteiger partial charge on any atom is 0.324 e. The van der Waals surface area contributed by atoms with Crippen LogP contribution in [0.15, 0.2) is 4.99 Å². The molecule has 0 aliphatic carbocycles. The van der Waals surface area contributed by atoms with E-state index >= 15 is 0 Å². The van der Waals surface area contributed by atoms with Crippen molar-refractivity contribution < 1.29 is 19.1 Å². The van der Waals surface area contributed by atoms with Crippen LogP contribution in [0.4, 0.5) is 4.79 Å². The lowest BCUT2D eigenvalue weighted by molar-refractivity contribution is -0.146. The zero-order valence-electron chi connectivity index (χ0n) is 13.7. The molecule has 0 bridgehead atoms. The summed E-state index contributed by atoms with van der Waals surface area (Å²) in [6.45, 7) is 3.96. The summed E-state index contributed by atoms with van der Waals surface area (Å²) in [5.41, 5.74) is 0. The molecule has 0 aromatic carbocycles. The van der Waals surface area contributed by atoms with E-state index in [4.69, 9.17) is 4.74 Å². The highest BCUT2D eigenvalue weighted by atomic mass is 16.5. The topological polar surface area (TPSA) is 103 Å². The van der Waals surface area contributed by atoms with Gasteiger partial charge in [0.05, 0.1) is 19.6 Å². The number of nitrogens with zero attached hydrogens (tertiary/aromatic N) is 3. The Hall–Kier alpha value is -2.32. The van der Waals surface area contributed by atoms with Crippen molar-refractivity contribution in [2.24, 2.45) is 16.8 Å². The summed E-state index contributed by atoms with van der Waals surface area (Å²) in [6.07, 6.45) is 0. The van der Waals surface area contributed by atoms with E-state index in [0.717, 1.165) is 0 Å². The highest BCUT2D eigenvalue weighted by Gasteiger charge is 2.37. The number of guanidine groups is 1. The number of hydrogen-bond donors (Lipinski definition) is 2. The van der Waals surface area contributed by atoms with Gasteiger partial charge in [0.1, 0.15) is 0 Å². The van der Waals surface area contributed by atoms with Crippen molar-refractivity contribution in [1.82, 2.24) is 20.4 Å². The van der Waals surface area contributed by atoms with Gasteiger partial charge in [-0.2, -0.15) is 0 Å². The van der Waals surface area contributed by atoms with Crippen LogP contribution in [0.5, 0.6) is 0 Å². The quantitative estimate of drug-likeness (QED) is 0.293. The number of esters is 1. The molecule has 0 spiro atoms. The lowest BCUT2D eigenvalue weighted by Gasteiger charge is -2.22. The summed E-state index contributed by atoms with van der Waals surface area (Å²) >= 11 is 0. The van der Waals surface area contributed by atoms with Crippen LogP contribution >= 0.6 is 0 Å². The molecule has 0 aromatic heterocycles. The van der Waals surface area contributed by atoms with Crippen LogP contribution in [-0.4, -0.2) is 80.5 Å². The molecule has 2 unspecified atom stereocenters. The number of ether oxygens (including phenoxy) is 1. The first-order valence-corrected chi connectivity index (χ1v) is 7.59. The van der Waals surface area contributed by atoms with Gasteiger partial charge >= 0.3 is 12.0 Å². The molecule has 0 radical (unpaired) electrons. The first-order chi connectivity index (χ1) is 11.0. The molecule has 3 amide bonds. The average molecular weight is 325 g/mol. The number of aliphatic imine (C=N–C) groups is 1. The van der Waals surface area contributed by atoms with E-state index in [9.17, 15) is 14.4 Å². The van der Waals surface area contributed by atoms with E-state index in [1.165, 1.54) is 12.0 Å². The van der Waals surface area contributed by atoms with Gasteiger partial charge in [-0.1, -0.05) is 6.92 Å². The van der Waals surface area contributed by atoms with Crippen molar-refractivity contribution in [3.05, 3.63) is 0 Å². The Morgan fingerprint density at radius 1 is 1.43 bits per heavy atom. The Morgan fingerprint density at radius 3 is 2.74 bits per heavy atom. The molecule has 128 valence electrons. The second kappa shape index (κ2) is 7.30. The molecule has 0 aromatic rings. The van der Waals surface area contributed by atoms with E-state index in [0.29, 0.717) is 25.6 Å². The van der Waals surface area contributed by atoms with E-state index in [1.807, 2.05) is 11.8 Å². The smallest absolute Gasteiger partial charge is 0.324 e. The Kier molecular flexibility index (Phi) is 5.41. The molecule has 2 fully saturated rings. The number of imide groups is 1. The minimum absolute atomic E-state index is 0.0536. The molecule has 2 rings (SSSR count). The van der Waals surface area contributed by atoms with Crippen LogP contribution in [0.3, 0.4) is 0 Å². The number of carbonyl (C=O) groups excluding carboxylic acids is 3. The van der Waals surface area contributed by atoms with Gasteiger partial charge < -0.3 is 20.3 Å². The number of rotatable bonds is 4. The van der Waals surface area contributed by atoms with Crippen molar-refractivity contribution in [2.75, 3.05) is 46.9 Å². The highest BCUT2D eigenvalue weighted by Crippen LogP contribution is 2.23. The van der Waals surface area contributed by atoms with Gasteiger partial charge in [-0.3, -0.25) is 19.5 Å². The second-order valence-corrected chi connectivity index (χ2v) is 5.69. The third-order valence-electron chi connectivity index (χ3n) is 4.18. The molecule has 9 nitrogen and oxygen atoms in total. The number of methoxy groups -OCH3 is 1. The molecule has 9 heteroatoms. The van der Waals surface area contributed by atoms with Crippen LogP contribution < -0.4 is 10.6 Å². The summed E-state index contributed by atoms with van der Waals surface area (Å²) in [4.78, 5) is 42.1. The molecule has 2 aliphatic heterocycles. The van der Waals surface area contributed by atoms with Gasteiger partial charge in [0, 0.05) is 33.2 Å². The van der Waals surface area contributed by atoms with E-state index < -0.39 is 0 Å². The SMILES string of the molecule is CN=C(NCCN1C(=O)CNC1=O)N1CC(C)C(C(=O)OC)C1. The largest absolute Gasteiger partial charge is 0.469 e. The maximum absolute atomic E-state index is 11.7. The first-order valence-electron chi connectivity index (χ1n) is 7.59. The van der Waals surface area contributed by atoms with Crippen molar-refractivity contribution in [2.45, 2.75) is 6.92 Å². The summed E-state index contributed by atoms with van der Waals surface area (Å²) in [5.74, 6) is 0.203. The summed E-state index contributed by atoms with van der Waals surface area (Å²) in [5, 5.41) is 5.60. The normalized spacial score (nSPS) is 24.9. The third-order valence-corrected chi connectivity index (χ3v) is 4.18. The molecule has 2 N–H and O–H groups in total. The average Bonchev–Trinajstić information content (AvgIpc) is 3.07. The van der Waals surface area contributed by atoms with Crippen LogP contribution in [0.25, 0.3) is 0 Å². The minimum Gasteiger partial charge on any atom is -0.469 e. The fourth-order valence-electron chi connectivity index (χ4n) is 2.89. The second-order valence-electron chi connectivity index (χ2n) is 5.69. The van der Waals surface area contributed by atoms with Crippen molar-refractivity contribution >= 4 is 23.9 Å². The van der Waals surface area contributed by atoms with Crippen LogP contribution in [-0.2, 0) is 14.3 Å². The Bertz CT molecular complexity index is 505. The Balaban J connectivity index is 1.85. The van der Waals surface area contributed by atoms with Gasteiger partial charge in [0.25, 0.3) is 0 Å². The molecule has 2 heterocycles. The van der Waals surface area contributed by atoms with Crippen LogP contribution in [0, 0.1) is 11.8 Å². The van der Waals surface area contributed by atoms with E-state index in [2.05, 4.69) is 15.6 Å². The predicted octanol–water partition coefficient (Wildman–Crippen LogP) is -1.15. The lowest BCUT2D eigenvalue weighted by Crippen LogP contribution is -2.44. The van der Waals surface area contributed by atoms with Gasteiger partial charge in [-0.05, 0) is 5.92 Å². The molecular formula is C14H23N5O4. The zero-order chi connectivity index (χ0) is 17.0. The fraction of sp³-hybridized carbons (Fsp3) is 0.714. The number of amides is 3. The van der Waals surface area contributed by atoms with Crippen molar-refractivity contribution in [3.63, 3.8) is 0 Å². The van der Waals surface area contributed by atoms with Gasteiger partial charge in [0.2, 0.25) is 5.91 Å². The molecule has 23 heavy (non-hydrogen) atoms. The summed E-state index contributed by atoms with van der Waals surface area (Å²) in [7, 11) is 3.05. The number of nitrogens with one attached hydrogen (secondary N) is 2. The summed E-state index contributed by atoms with van der Waals surface area (Å²) in [6, 6.07) is -0.368. The van der Waals surface area contributed by atoms with Crippen molar-refractivity contribution in [3.8, 4) is 0 Å². The van der Waals surface area contributed by atoms with Crippen molar-refractivity contribution in [1.29, 1.82) is 0 Å². The molecule has 2 aliphatic rings. The third kappa shape index (κ3) is 3.72. The number of hydrogen-bond acceptors (Lipinski definition) is 5. The molecular weight excluding hydrogens is 302 g/mol. The molecule has 2 atom stereocenters. The zero-order valence-corrected chi connectivity index (χ0v) is 13.7. The number of urea groups is 1. The highest BCUT2D eigenvalue weighted by molar-refractivity contribution is 6.01. The fourth-order valence-corrected chi connectivity index (χ4v) is 2.89. The van der Waals surface area contributed by atoms with Crippen LogP contribution in [0.1, 0.15) is 6.92 Å². The Labute approximate surface area is 135 Å². The molecule has 2 saturated heterocycles. The monoisotopic (exact) mass is 325 g/mol. The van der Waals surface area contributed by atoms with E-state index in [1.54, 1.807) is 7.05 Å². The molecule has 0 saturated carbocycles. The number of likely N-dealkylation sites (tertiary alicyclic amines) is 1. The minimum atomic E-state index is -0.368. The maximum atomic E-state index is 11.7. The standard InChI is InChI=1S/C14H23N5O4/c1-9-7-18(8-10(9)12(21)23-3)13(15-2)16-4-5-19-11(20)6-17-14(19)22/h9-10H,4-8H2,1-3H3,(H,15,16)(H,17,22). The van der Waals surface area contributed by atoms with E-state index in [-0.39, 0.29) is 42.8 Å². The van der Waals surface area contributed by atoms with Gasteiger partial charge in [-0.15, -0.1) is 0 Å². The lowest BCUT2D eigenvalue weighted by atomic mass is 9.99.